The number of hydrogen-bond donors (Lipinski definition) is 1. The van der Waals surface area contributed by atoms with Crippen molar-refractivity contribution < 1.29 is 9.13 Å². The van der Waals surface area contributed by atoms with Gasteiger partial charge in [0.1, 0.15) is 5.82 Å². The van der Waals surface area contributed by atoms with Gasteiger partial charge in [-0.3, -0.25) is 4.90 Å². The summed E-state index contributed by atoms with van der Waals surface area (Å²) >= 11 is 3.35. The maximum absolute atomic E-state index is 13.4. The van der Waals surface area contributed by atoms with E-state index in [0.717, 1.165) is 36.2 Å². The molecule has 1 unspecified atom stereocenters. The molecule has 0 aliphatic carbocycles. The Morgan fingerprint density at radius 1 is 1.45 bits per heavy atom. The average molecular weight is 345 g/mol. The van der Waals surface area contributed by atoms with Crippen LogP contribution in [0, 0.1) is 5.82 Å². The van der Waals surface area contributed by atoms with Crippen LogP contribution in [0.15, 0.2) is 22.7 Å². The van der Waals surface area contributed by atoms with E-state index in [1.165, 1.54) is 18.9 Å². The van der Waals surface area contributed by atoms with Crippen LogP contribution in [0.3, 0.4) is 0 Å². The molecule has 0 bridgehead atoms. The second-order valence-electron chi connectivity index (χ2n) is 5.30. The first-order valence-electron chi connectivity index (χ1n) is 7.07. The fourth-order valence-corrected chi connectivity index (χ4v) is 3.15. The number of rotatable bonds is 7. The smallest absolute Gasteiger partial charge is 0.124 e. The number of ether oxygens (including phenoxy) is 1. The van der Waals surface area contributed by atoms with Gasteiger partial charge in [-0.1, -0.05) is 15.9 Å². The van der Waals surface area contributed by atoms with Gasteiger partial charge in [-0.25, -0.2) is 4.39 Å². The molecule has 1 fully saturated rings. The van der Waals surface area contributed by atoms with Crippen molar-refractivity contribution in [3.63, 3.8) is 0 Å². The van der Waals surface area contributed by atoms with E-state index in [2.05, 4.69) is 26.1 Å². The highest BCUT2D eigenvalue weighted by Gasteiger charge is 2.18. The third-order valence-electron chi connectivity index (χ3n) is 3.58. The zero-order valence-corrected chi connectivity index (χ0v) is 13.5. The van der Waals surface area contributed by atoms with E-state index >= 15 is 0 Å². The molecule has 0 spiro atoms. The molecule has 1 heterocycles. The first-order chi connectivity index (χ1) is 9.67. The van der Waals surface area contributed by atoms with Crippen molar-refractivity contribution in [2.75, 3.05) is 33.4 Å². The lowest BCUT2D eigenvalue weighted by molar-refractivity contribution is 0.138. The molecule has 1 aromatic rings. The molecule has 0 saturated carbocycles. The molecule has 2 rings (SSSR count). The van der Waals surface area contributed by atoms with Crippen LogP contribution in [0.5, 0.6) is 0 Å². The Balaban J connectivity index is 1.97. The van der Waals surface area contributed by atoms with E-state index in [1.807, 2.05) is 6.07 Å². The second-order valence-corrected chi connectivity index (χ2v) is 6.21. The summed E-state index contributed by atoms with van der Waals surface area (Å²) in [4.78, 5) is 2.33. The standard InChI is InChI=1S/C15H22BrFN2O/c1-20-6-5-19(11-15-3-2-4-18-15)10-12-7-13(16)9-14(17)8-12/h7-9,15,18H,2-6,10-11H2,1H3. The van der Waals surface area contributed by atoms with E-state index in [0.29, 0.717) is 12.6 Å². The Morgan fingerprint density at radius 2 is 2.30 bits per heavy atom. The van der Waals surface area contributed by atoms with Crippen LogP contribution in [0.25, 0.3) is 0 Å². The Bertz CT molecular complexity index is 404. The summed E-state index contributed by atoms with van der Waals surface area (Å²) < 4.78 is 19.4. The first kappa shape index (κ1) is 15.9. The molecule has 112 valence electrons. The molecule has 1 saturated heterocycles. The lowest BCUT2D eigenvalue weighted by atomic mass is 10.1. The molecule has 0 amide bonds. The topological polar surface area (TPSA) is 24.5 Å². The molecule has 0 radical (unpaired) electrons. The van der Waals surface area contributed by atoms with Gasteiger partial charge in [-0.2, -0.15) is 0 Å². The van der Waals surface area contributed by atoms with Gasteiger partial charge in [0.05, 0.1) is 6.61 Å². The molecule has 1 aliphatic rings. The summed E-state index contributed by atoms with van der Waals surface area (Å²) in [6.45, 7) is 4.40. The van der Waals surface area contributed by atoms with E-state index in [4.69, 9.17) is 4.74 Å². The van der Waals surface area contributed by atoms with Gasteiger partial charge in [-0.05, 0) is 43.1 Å². The lowest BCUT2D eigenvalue weighted by Gasteiger charge is -2.25. The van der Waals surface area contributed by atoms with Gasteiger partial charge < -0.3 is 10.1 Å². The van der Waals surface area contributed by atoms with Crippen molar-refractivity contribution >= 4 is 15.9 Å². The minimum atomic E-state index is -0.194. The number of methoxy groups -OCH3 is 1. The monoisotopic (exact) mass is 344 g/mol. The van der Waals surface area contributed by atoms with Crippen molar-refractivity contribution in [3.05, 3.63) is 34.1 Å². The minimum Gasteiger partial charge on any atom is -0.383 e. The summed E-state index contributed by atoms with van der Waals surface area (Å²) in [5, 5.41) is 3.51. The first-order valence-corrected chi connectivity index (χ1v) is 7.86. The van der Waals surface area contributed by atoms with Crippen LogP contribution in [0.2, 0.25) is 0 Å². The Hall–Kier alpha value is -0.490. The van der Waals surface area contributed by atoms with E-state index in [1.54, 1.807) is 13.2 Å². The van der Waals surface area contributed by atoms with Gasteiger partial charge in [0.2, 0.25) is 0 Å². The van der Waals surface area contributed by atoms with Gasteiger partial charge in [0.25, 0.3) is 0 Å². The van der Waals surface area contributed by atoms with E-state index in [9.17, 15) is 4.39 Å². The SMILES string of the molecule is COCCN(Cc1cc(F)cc(Br)c1)CC1CCCN1. The van der Waals surface area contributed by atoms with Crippen molar-refractivity contribution in [1.29, 1.82) is 0 Å². The van der Waals surface area contributed by atoms with Crippen LogP contribution in [-0.4, -0.2) is 44.3 Å². The molecule has 0 aromatic heterocycles. The average Bonchev–Trinajstić information content (AvgIpc) is 2.87. The highest BCUT2D eigenvalue weighted by molar-refractivity contribution is 9.10. The number of nitrogens with zero attached hydrogens (tertiary/aromatic N) is 1. The summed E-state index contributed by atoms with van der Waals surface area (Å²) in [7, 11) is 1.71. The fourth-order valence-electron chi connectivity index (χ4n) is 2.64. The van der Waals surface area contributed by atoms with Crippen molar-refractivity contribution in [2.24, 2.45) is 0 Å². The van der Waals surface area contributed by atoms with E-state index in [-0.39, 0.29) is 5.82 Å². The zero-order valence-electron chi connectivity index (χ0n) is 11.9. The predicted octanol–water partition coefficient (Wildman–Crippen LogP) is 2.79. The molecule has 20 heavy (non-hydrogen) atoms. The Labute approximate surface area is 128 Å². The number of nitrogens with one attached hydrogen (secondary N) is 1. The summed E-state index contributed by atoms with van der Waals surface area (Å²) in [6, 6.07) is 5.61. The quantitative estimate of drug-likeness (QED) is 0.823. The molecule has 1 aromatic carbocycles. The zero-order chi connectivity index (χ0) is 14.4. The number of hydrogen-bond acceptors (Lipinski definition) is 3. The van der Waals surface area contributed by atoms with Gasteiger partial charge in [-0.15, -0.1) is 0 Å². The maximum Gasteiger partial charge on any atom is 0.124 e. The van der Waals surface area contributed by atoms with Gasteiger partial charge in [0, 0.05) is 37.3 Å². The minimum absolute atomic E-state index is 0.194. The van der Waals surface area contributed by atoms with Crippen molar-refractivity contribution in [2.45, 2.75) is 25.4 Å². The van der Waals surface area contributed by atoms with Gasteiger partial charge >= 0.3 is 0 Å². The lowest BCUT2D eigenvalue weighted by Crippen LogP contribution is -2.38. The Morgan fingerprint density at radius 3 is 2.95 bits per heavy atom. The molecule has 1 atom stereocenters. The summed E-state index contributed by atoms with van der Waals surface area (Å²) in [5.41, 5.74) is 0.992. The summed E-state index contributed by atoms with van der Waals surface area (Å²) in [5.74, 6) is -0.194. The van der Waals surface area contributed by atoms with Crippen LogP contribution in [-0.2, 0) is 11.3 Å². The largest absolute Gasteiger partial charge is 0.383 e. The number of halogens is 2. The molecular formula is C15H22BrFN2O. The number of benzene rings is 1. The van der Waals surface area contributed by atoms with Crippen molar-refractivity contribution in [3.8, 4) is 0 Å². The predicted molar refractivity (Wildman–Crippen MR) is 82.3 cm³/mol. The second kappa shape index (κ2) is 8.08. The molecular weight excluding hydrogens is 323 g/mol. The maximum atomic E-state index is 13.4. The third-order valence-corrected chi connectivity index (χ3v) is 4.04. The fraction of sp³-hybridized carbons (Fsp3) is 0.600. The highest BCUT2D eigenvalue weighted by atomic mass is 79.9. The normalized spacial score (nSPS) is 18.9. The summed E-state index contributed by atoms with van der Waals surface area (Å²) in [6.07, 6.45) is 2.46. The molecule has 1 N–H and O–H groups in total. The van der Waals surface area contributed by atoms with Crippen LogP contribution in [0.4, 0.5) is 4.39 Å². The molecule has 1 aliphatic heterocycles. The van der Waals surface area contributed by atoms with E-state index < -0.39 is 0 Å². The Kier molecular flexibility index (Phi) is 6.42. The highest BCUT2D eigenvalue weighted by Crippen LogP contribution is 2.17. The van der Waals surface area contributed by atoms with Crippen LogP contribution in [0.1, 0.15) is 18.4 Å². The van der Waals surface area contributed by atoms with Crippen molar-refractivity contribution in [1.82, 2.24) is 10.2 Å². The third kappa shape index (κ3) is 5.13. The van der Waals surface area contributed by atoms with Crippen LogP contribution < -0.4 is 5.32 Å². The molecule has 5 heteroatoms. The van der Waals surface area contributed by atoms with Gasteiger partial charge in [0.15, 0.2) is 0 Å². The van der Waals surface area contributed by atoms with Crippen LogP contribution >= 0.6 is 15.9 Å². The molecule has 3 nitrogen and oxygen atoms in total.